The molecule has 0 unspecified atom stereocenters. The topological polar surface area (TPSA) is 41.9 Å². The molecule has 2 aliphatic carbocycles. The van der Waals surface area contributed by atoms with Gasteiger partial charge < -0.3 is 14.6 Å². The maximum Gasteiger partial charge on any atom is 0.161 e. The van der Waals surface area contributed by atoms with Crippen molar-refractivity contribution in [2.24, 2.45) is 5.92 Å². The Bertz CT molecular complexity index is 667. The van der Waals surface area contributed by atoms with Crippen LogP contribution < -0.4 is 9.47 Å². The third kappa shape index (κ3) is 3.03. The average molecular weight is 357 g/mol. The lowest BCUT2D eigenvalue weighted by molar-refractivity contribution is 0.114. The maximum absolute atomic E-state index is 10.3. The van der Waals surface area contributed by atoms with Gasteiger partial charge in [-0.1, -0.05) is 31.1 Å². The summed E-state index contributed by atoms with van der Waals surface area (Å²) in [5.41, 5.74) is 1.24. The van der Waals surface area contributed by atoms with E-state index in [0.717, 1.165) is 36.8 Å². The lowest BCUT2D eigenvalue weighted by Gasteiger charge is -2.41. The molecule has 0 aromatic heterocycles. The molecule has 0 radical (unpaired) electrons. The molecule has 3 aliphatic rings. The van der Waals surface area contributed by atoms with Crippen molar-refractivity contribution in [3.8, 4) is 11.5 Å². The molecule has 1 aromatic carbocycles. The number of hydrogen-bond acceptors (Lipinski definition) is 4. The van der Waals surface area contributed by atoms with E-state index in [1.54, 1.807) is 14.2 Å². The van der Waals surface area contributed by atoms with Gasteiger partial charge >= 0.3 is 0 Å². The number of aliphatic hydroxyl groups is 1. The molecule has 0 amide bonds. The fourth-order valence-corrected chi connectivity index (χ4v) is 5.42. The number of methoxy groups -OCH3 is 2. The van der Waals surface area contributed by atoms with E-state index in [-0.39, 0.29) is 11.5 Å². The van der Waals surface area contributed by atoms with E-state index in [1.807, 2.05) is 12.1 Å². The number of benzene rings is 1. The summed E-state index contributed by atoms with van der Waals surface area (Å²) in [7, 11) is 3.37. The lowest BCUT2D eigenvalue weighted by Crippen LogP contribution is -2.47. The van der Waals surface area contributed by atoms with Gasteiger partial charge in [0.15, 0.2) is 11.5 Å². The normalized spacial score (nSPS) is 32.0. The fraction of sp³-hybridized carbons (Fsp3) is 0.636. The van der Waals surface area contributed by atoms with E-state index in [4.69, 9.17) is 9.47 Å². The van der Waals surface area contributed by atoms with Crippen LogP contribution in [-0.4, -0.2) is 49.5 Å². The first kappa shape index (κ1) is 17.9. The molecule has 4 heteroatoms. The van der Waals surface area contributed by atoms with Gasteiger partial charge in [-0.05, 0) is 55.8 Å². The summed E-state index contributed by atoms with van der Waals surface area (Å²) in [6, 6.07) is 6.68. The monoisotopic (exact) mass is 357 g/mol. The number of likely N-dealkylation sites (tertiary alicyclic amines) is 1. The molecule has 142 valence electrons. The van der Waals surface area contributed by atoms with Gasteiger partial charge in [0.25, 0.3) is 0 Å². The summed E-state index contributed by atoms with van der Waals surface area (Å²) >= 11 is 0. The standard InChI is InChI=1S/C22H31NO3/c1-25-19-8-7-17(13-20(19)26-2)22-10-9-18(24)14-21(22)23(12-11-22)15-16-5-3-4-6-16/h7-10,13,16,18,21,24H,3-6,11-12,14-15H2,1-2H3/t18-,21-,22-/m0/s1. The zero-order valence-corrected chi connectivity index (χ0v) is 16.0. The van der Waals surface area contributed by atoms with Crippen molar-refractivity contribution in [1.29, 1.82) is 0 Å². The van der Waals surface area contributed by atoms with Crippen molar-refractivity contribution < 1.29 is 14.6 Å². The van der Waals surface area contributed by atoms with Crippen LogP contribution in [0.5, 0.6) is 11.5 Å². The van der Waals surface area contributed by atoms with Crippen LogP contribution in [-0.2, 0) is 5.41 Å². The molecule has 0 bridgehead atoms. The number of fused-ring (bicyclic) bond motifs is 1. The Hall–Kier alpha value is -1.52. The second-order valence-electron chi connectivity index (χ2n) is 8.18. The van der Waals surface area contributed by atoms with Crippen molar-refractivity contribution in [3.63, 3.8) is 0 Å². The van der Waals surface area contributed by atoms with Crippen molar-refractivity contribution in [1.82, 2.24) is 4.90 Å². The van der Waals surface area contributed by atoms with Crippen LogP contribution in [0.2, 0.25) is 0 Å². The first-order chi connectivity index (χ1) is 12.7. The summed E-state index contributed by atoms with van der Waals surface area (Å²) in [5.74, 6) is 2.39. The number of ether oxygens (including phenoxy) is 2. The summed E-state index contributed by atoms with van der Waals surface area (Å²) in [6.07, 6.45) is 11.3. The summed E-state index contributed by atoms with van der Waals surface area (Å²) in [4.78, 5) is 2.65. The smallest absolute Gasteiger partial charge is 0.161 e. The van der Waals surface area contributed by atoms with E-state index in [9.17, 15) is 5.11 Å². The van der Waals surface area contributed by atoms with E-state index >= 15 is 0 Å². The molecule has 2 fully saturated rings. The van der Waals surface area contributed by atoms with Gasteiger partial charge in [0, 0.05) is 18.0 Å². The molecular weight excluding hydrogens is 326 g/mol. The van der Waals surface area contributed by atoms with Gasteiger partial charge in [0.05, 0.1) is 20.3 Å². The van der Waals surface area contributed by atoms with E-state index in [1.165, 1.54) is 37.8 Å². The van der Waals surface area contributed by atoms with Gasteiger partial charge in [-0.3, -0.25) is 4.90 Å². The molecule has 26 heavy (non-hydrogen) atoms. The molecule has 4 nitrogen and oxygen atoms in total. The third-order valence-electron chi connectivity index (χ3n) is 6.82. The Labute approximate surface area is 156 Å². The zero-order valence-electron chi connectivity index (χ0n) is 16.0. The van der Waals surface area contributed by atoms with Crippen molar-refractivity contribution in [2.75, 3.05) is 27.3 Å². The quantitative estimate of drug-likeness (QED) is 0.819. The van der Waals surface area contributed by atoms with Gasteiger partial charge in [-0.25, -0.2) is 0 Å². The Morgan fingerprint density at radius 3 is 2.65 bits per heavy atom. The van der Waals surface area contributed by atoms with E-state index in [2.05, 4.69) is 23.1 Å². The number of hydrogen-bond donors (Lipinski definition) is 1. The summed E-state index contributed by atoms with van der Waals surface area (Å²) in [6.45, 7) is 2.28. The molecule has 4 rings (SSSR count). The SMILES string of the molecule is COc1ccc([C@@]23C=C[C@H](O)C[C@@H]2N(CC2CCCC2)CC3)cc1OC. The highest BCUT2D eigenvalue weighted by atomic mass is 16.5. The maximum atomic E-state index is 10.3. The predicted molar refractivity (Wildman–Crippen MR) is 103 cm³/mol. The molecule has 1 saturated heterocycles. The van der Waals surface area contributed by atoms with Crippen molar-refractivity contribution in [2.45, 2.75) is 56.1 Å². The van der Waals surface area contributed by atoms with E-state index < -0.39 is 0 Å². The fourth-order valence-electron chi connectivity index (χ4n) is 5.42. The van der Waals surface area contributed by atoms with Gasteiger partial charge in [0.1, 0.15) is 0 Å². The predicted octanol–water partition coefficient (Wildman–Crippen LogP) is 3.53. The summed E-state index contributed by atoms with van der Waals surface area (Å²) in [5, 5.41) is 10.3. The molecular formula is C22H31NO3. The van der Waals surface area contributed by atoms with Crippen LogP contribution in [0.15, 0.2) is 30.4 Å². The highest BCUT2D eigenvalue weighted by molar-refractivity contribution is 5.48. The third-order valence-corrected chi connectivity index (χ3v) is 6.82. The van der Waals surface area contributed by atoms with Crippen LogP contribution in [0.3, 0.4) is 0 Å². The van der Waals surface area contributed by atoms with Crippen LogP contribution in [0.1, 0.15) is 44.1 Å². The molecule has 1 aromatic rings. The molecule has 1 aliphatic heterocycles. The van der Waals surface area contributed by atoms with Crippen molar-refractivity contribution >= 4 is 0 Å². The minimum atomic E-state index is -0.336. The molecule has 0 spiro atoms. The second kappa shape index (κ2) is 7.24. The highest BCUT2D eigenvalue weighted by Gasteiger charge is 2.49. The first-order valence-electron chi connectivity index (χ1n) is 10.0. The Balaban J connectivity index is 1.66. The Morgan fingerprint density at radius 1 is 1.15 bits per heavy atom. The molecule has 3 atom stereocenters. The Kier molecular flexibility index (Phi) is 4.98. The summed E-state index contributed by atoms with van der Waals surface area (Å²) < 4.78 is 11.0. The van der Waals surface area contributed by atoms with Gasteiger partial charge in [0.2, 0.25) is 0 Å². The highest BCUT2D eigenvalue weighted by Crippen LogP contribution is 2.48. The van der Waals surface area contributed by atoms with Crippen LogP contribution in [0.4, 0.5) is 0 Å². The first-order valence-corrected chi connectivity index (χ1v) is 10.0. The van der Waals surface area contributed by atoms with Gasteiger partial charge in [-0.2, -0.15) is 0 Å². The average Bonchev–Trinajstić information content (AvgIpc) is 3.30. The minimum absolute atomic E-state index is 0.0304. The van der Waals surface area contributed by atoms with E-state index in [0.29, 0.717) is 6.04 Å². The second-order valence-corrected chi connectivity index (χ2v) is 8.18. The zero-order chi connectivity index (χ0) is 18.1. The van der Waals surface area contributed by atoms with Crippen molar-refractivity contribution in [3.05, 3.63) is 35.9 Å². The van der Waals surface area contributed by atoms with Crippen LogP contribution in [0, 0.1) is 5.92 Å². The van der Waals surface area contributed by atoms with Crippen LogP contribution >= 0.6 is 0 Å². The molecule has 1 N–H and O–H groups in total. The number of rotatable bonds is 5. The number of aliphatic hydroxyl groups excluding tert-OH is 1. The van der Waals surface area contributed by atoms with Gasteiger partial charge in [-0.15, -0.1) is 0 Å². The Morgan fingerprint density at radius 2 is 1.92 bits per heavy atom. The van der Waals surface area contributed by atoms with Crippen LogP contribution in [0.25, 0.3) is 0 Å². The number of nitrogens with zero attached hydrogens (tertiary/aromatic N) is 1. The lowest BCUT2D eigenvalue weighted by atomic mass is 9.69. The minimum Gasteiger partial charge on any atom is -0.493 e. The molecule has 1 heterocycles. The largest absolute Gasteiger partial charge is 0.493 e. The molecule has 1 saturated carbocycles.